The molecule has 2 unspecified atom stereocenters. The first-order valence-electron chi connectivity index (χ1n) is 12.5. The quantitative estimate of drug-likeness (QED) is 0.396. The molecule has 2 N–H and O–H groups in total. The van der Waals surface area contributed by atoms with Crippen LogP contribution in [0.3, 0.4) is 0 Å². The fourth-order valence-corrected chi connectivity index (χ4v) is 4.21. The first-order chi connectivity index (χ1) is 15.8. The Morgan fingerprint density at radius 1 is 0.758 bits per heavy atom. The Hall–Kier alpha value is -2.62. The summed E-state index contributed by atoms with van der Waals surface area (Å²) >= 11 is 0. The van der Waals surface area contributed by atoms with Crippen LogP contribution in [0.5, 0.6) is 11.5 Å². The fraction of sp³-hybridized carbons (Fsp3) is 0.517. The van der Waals surface area contributed by atoms with Crippen LogP contribution in [0.1, 0.15) is 82.1 Å². The maximum absolute atomic E-state index is 10.2. The molecule has 1 saturated carbocycles. The van der Waals surface area contributed by atoms with Gasteiger partial charge in [-0.05, 0) is 92.2 Å². The lowest BCUT2D eigenvalue weighted by Gasteiger charge is -2.08. The molecule has 4 nitrogen and oxygen atoms in total. The van der Waals surface area contributed by atoms with Crippen molar-refractivity contribution in [3.05, 3.63) is 58.7 Å². The molecule has 0 aliphatic heterocycles. The maximum Gasteiger partial charge on any atom is 0.124 e. The summed E-state index contributed by atoms with van der Waals surface area (Å²) in [5, 5.41) is 20.5. The van der Waals surface area contributed by atoms with Crippen molar-refractivity contribution in [2.45, 2.75) is 84.7 Å². The van der Waals surface area contributed by atoms with Crippen LogP contribution in [0, 0.1) is 11.8 Å². The molecule has 0 radical (unpaired) electrons. The fourth-order valence-electron chi connectivity index (χ4n) is 4.21. The van der Waals surface area contributed by atoms with Gasteiger partial charge in [0.2, 0.25) is 0 Å². The molecule has 2 aromatic carbocycles. The van der Waals surface area contributed by atoms with E-state index in [2.05, 4.69) is 39.8 Å². The van der Waals surface area contributed by atoms with E-state index < -0.39 is 0 Å². The van der Waals surface area contributed by atoms with Crippen LogP contribution >= 0.6 is 0 Å². The van der Waals surface area contributed by atoms with Gasteiger partial charge in [-0.2, -0.15) is 0 Å². The number of rotatable bonds is 10. The highest BCUT2D eigenvalue weighted by atomic mass is 16.3. The average molecular weight is 449 g/mol. The van der Waals surface area contributed by atoms with Crippen molar-refractivity contribution < 1.29 is 10.2 Å². The van der Waals surface area contributed by atoms with Gasteiger partial charge in [-0.3, -0.25) is 9.98 Å². The van der Waals surface area contributed by atoms with Crippen molar-refractivity contribution in [3.63, 3.8) is 0 Å². The smallest absolute Gasteiger partial charge is 0.124 e. The predicted octanol–water partition coefficient (Wildman–Crippen LogP) is 6.73. The van der Waals surface area contributed by atoms with Crippen LogP contribution in [0.4, 0.5) is 0 Å². The highest BCUT2D eigenvalue weighted by molar-refractivity contribution is 5.84. The van der Waals surface area contributed by atoms with Gasteiger partial charge >= 0.3 is 0 Å². The van der Waals surface area contributed by atoms with Crippen LogP contribution in [-0.2, 0) is 12.8 Å². The van der Waals surface area contributed by atoms with Gasteiger partial charge in [0.25, 0.3) is 0 Å². The number of nitrogens with zero attached hydrogens (tertiary/aromatic N) is 2. The first-order valence-corrected chi connectivity index (χ1v) is 12.5. The number of phenolic OH excluding ortho intramolecular Hbond substituents is 2. The number of phenols is 2. The number of aromatic hydroxyl groups is 2. The molecule has 3 rings (SSSR count). The molecular weight excluding hydrogens is 408 g/mol. The molecule has 0 spiro atoms. The highest BCUT2D eigenvalue weighted by Gasteiger charge is 2.23. The normalized spacial score (nSPS) is 19.0. The number of benzene rings is 2. The lowest BCUT2D eigenvalue weighted by atomic mass is 10.0. The predicted molar refractivity (Wildman–Crippen MR) is 139 cm³/mol. The lowest BCUT2D eigenvalue weighted by molar-refractivity contribution is 0.473. The molecule has 1 fully saturated rings. The van der Waals surface area contributed by atoms with Gasteiger partial charge in [0.1, 0.15) is 11.5 Å². The average Bonchev–Trinajstić information content (AvgIpc) is 3.24. The van der Waals surface area contributed by atoms with Crippen molar-refractivity contribution >= 4 is 12.4 Å². The lowest BCUT2D eigenvalue weighted by Crippen LogP contribution is -2.03. The van der Waals surface area contributed by atoms with E-state index in [1.54, 1.807) is 12.1 Å². The topological polar surface area (TPSA) is 65.2 Å². The molecule has 0 saturated heterocycles. The third-order valence-corrected chi connectivity index (χ3v) is 6.43. The summed E-state index contributed by atoms with van der Waals surface area (Å²) in [6.07, 6.45) is 10.9. The summed E-state index contributed by atoms with van der Waals surface area (Å²) < 4.78 is 0. The minimum absolute atomic E-state index is 0.219. The Kier molecular flexibility index (Phi) is 9.11. The minimum Gasteiger partial charge on any atom is -0.507 e. The van der Waals surface area contributed by atoms with Crippen molar-refractivity contribution in [1.29, 1.82) is 0 Å². The zero-order chi connectivity index (χ0) is 23.8. The summed E-state index contributed by atoms with van der Waals surface area (Å²) in [6.45, 7) is 8.92. The van der Waals surface area contributed by atoms with Crippen molar-refractivity contribution in [1.82, 2.24) is 0 Å². The molecule has 4 heteroatoms. The van der Waals surface area contributed by atoms with Gasteiger partial charge in [-0.25, -0.2) is 0 Å². The Bertz CT molecular complexity index is 885. The molecule has 33 heavy (non-hydrogen) atoms. The van der Waals surface area contributed by atoms with E-state index in [1.807, 2.05) is 24.6 Å². The van der Waals surface area contributed by atoms with E-state index in [0.29, 0.717) is 11.8 Å². The molecule has 2 aromatic rings. The van der Waals surface area contributed by atoms with Gasteiger partial charge in [-0.1, -0.05) is 39.8 Å². The number of aryl methyl sites for hydroxylation is 2. The second-order valence-corrected chi connectivity index (χ2v) is 10.3. The molecule has 0 aromatic heterocycles. The molecule has 0 heterocycles. The van der Waals surface area contributed by atoms with Gasteiger partial charge in [0.15, 0.2) is 0 Å². The minimum atomic E-state index is 0.219. The van der Waals surface area contributed by atoms with Gasteiger partial charge in [0.05, 0.1) is 12.1 Å². The summed E-state index contributed by atoms with van der Waals surface area (Å²) in [6, 6.07) is 12.1. The highest BCUT2D eigenvalue weighted by Crippen LogP contribution is 2.27. The van der Waals surface area contributed by atoms with Crippen molar-refractivity contribution in [2.24, 2.45) is 21.8 Å². The van der Waals surface area contributed by atoms with E-state index in [0.717, 1.165) is 56.1 Å². The zero-order valence-corrected chi connectivity index (χ0v) is 20.7. The van der Waals surface area contributed by atoms with Gasteiger partial charge in [-0.15, -0.1) is 0 Å². The first kappa shape index (κ1) is 25.0. The second-order valence-electron chi connectivity index (χ2n) is 10.3. The Balaban J connectivity index is 1.58. The molecule has 1 aliphatic rings. The third-order valence-electron chi connectivity index (χ3n) is 6.43. The number of hydrogen-bond donors (Lipinski definition) is 2. The molecule has 2 atom stereocenters. The Morgan fingerprint density at radius 2 is 1.18 bits per heavy atom. The molecule has 0 bridgehead atoms. The SMILES string of the molecule is CC(C)CCc1ccc(O)c(C=NC2CCC(N=Cc3cc(CCC(C)C)ccc3O)C2)c1. The van der Waals surface area contributed by atoms with Crippen LogP contribution < -0.4 is 0 Å². The van der Waals surface area contributed by atoms with Gasteiger partial charge < -0.3 is 10.2 Å². The molecule has 178 valence electrons. The second kappa shape index (κ2) is 12.0. The van der Waals surface area contributed by atoms with E-state index in [-0.39, 0.29) is 23.6 Å². The summed E-state index contributed by atoms with van der Waals surface area (Å²) in [4.78, 5) is 9.52. The maximum atomic E-state index is 10.2. The summed E-state index contributed by atoms with van der Waals surface area (Å²) in [7, 11) is 0. The van der Waals surface area contributed by atoms with E-state index in [9.17, 15) is 10.2 Å². The van der Waals surface area contributed by atoms with Crippen LogP contribution in [0.15, 0.2) is 46.4 Å². The standard InChI is InChI=1S/C29H40N2O2/c1-20(2)5-7-22-9-13-28(32)24(15-22)18-30-26-11-12-27(17-26)31-19-25-16-23(8-6-21(3)4)10-14-29(25)33/h9-10,13-16,18-21,26-27,32-33H,5-8,11-12,17H2,1-4H3. The third kappa shape index (κ3) is 8.03. The van der Waals surface area contributed by atoms with Gasteiger partial charge in [0, 0.05) is 23.6 Å². The van der Waals surface area contributed by atoms with Crippen LogP contribution in [-0.4, -0.2) is 34.7 Å². The van der Waals surface area contributed by atoms with Crippen LogP contribution in [0.2, 0.25) is 0 Å². The summed E-state index contributed by atoms with van der Waals surface area (Å²) in [5.74, 6) is 1.90. The molecular formula is C29H40N2O2. The van der Waals surface area contributed by atoms with Crippen molar-refractivity contribution in [3.8, 4) is 11.5 Å². The molecule has 1 aliphatic carbocycles. The monoisotopic (exact) mass is 448 g/mol. The van der Waals surface area contributed by atoms with E-state index in [4.69, 9.17) is 9.98 Å². The summed E-state index contributed by atoms with van der Waals surface area (Å²) in [5.41, 5.74) is 4.08. The van der Waals surface area contributed by atoms with Crippen molar-refractivity contribution in [2.75, 3.05) is 0 Å². The van der Waals surface area contributed by atoms with E-state index >= 15 is 0 Å². The van der Waals surface area contributed by atoms with E-state index in [1.165, 1.54) is 11.1 Å². The molecule has 0 amide bonds. The van der Waals surface area contributed by atoms with Crippen LogP contribution in [0.25, 0.3) is 0 Å². The zero-order valence-electron chi connectivity index (χ0n) is 20.7. The number of aliphatic imine (C=N–C) groups is 2. The number of hydrogen-bond acceptors (Lipinski definition) is 4. The Morgan fingerprint density at radius 3 is 1.58 bits per heavy atom. The largest absolute Gasteiger partial charge is 0.507 e. The Labute approximate surface area is 199 Å².